The third-order valence-corrected chi connectivity index (χ3v) is 5.42. The van der Waals surface area contributed by atoms with E-state index in [1.165, 1.54) is 0 Å². The first-order valence-electron chi connectivity index (χ1n) is 9.27. The molecule has 1 aliphatic rings. The number of aromatic nitrogens is 1. The predicted molar refractivity (Wildman–Crippen MR) is 106 cm³/mol. The Balaban J connectivity index is 1.95. The molecule has 0 saturated carbocycles. The Morgan fingerprint density at radius 3 is 2.18 bits per heavy atom. The lowest BCUT2D eigenvalue weighted by Gasteiger charge is -2.36. The van der Waals surface area contributed by atoms with Crippen molar-refractivity contribution in [2.75, 3.05) is 21.3 Å². The molecule has 0 bridgehead atoms. The van der Waals surface area contributed by atoms with Gasteiger partial charge in [0.2, 0.25) is 11.8 Å². The van der Waals surface area contributed by atoms with E-state index in [0.717, 1.165) is 22.5 Å². The largest absolute Gasteiger partial charge is 0.493 e. The van der Waals surface area contributed by atoms with Crippen LogP contribution in [0.5, 0.6) is 11.5 Å². The van der Waals surface area contributed by atoms with Crippen molar-refractivity contribution in [3.05, 3.63) is 46.8 Å². The van der Waals surface area contributed by atoms with Crippen molar-refractivity contribution in [2.45, 2.75) is 39.4 Å². The molecule has 7 nitrogen and oxygen atoms in total. The maximum absolute atomic E-state index is 13.2. The lowest BCUT2D eigenvalue weighted by Crippen LogP contribution is -2.52. The first kappa shape index (κ1) is 19.8. The van der Waals surface area contributed by atoms with Gasteiger partial charge in [-0.1, -0.05) is 0 Å². The number of benzene rings is 1. The maximum atomic E-state index is 13.2. The van der Waals surface area contributed by atoms with Crippen LogP contribution >= 0.6 is 0 Å². The van der Waals surface area contributed by atoms with Crippen LogP contribution in [0.25, 0.3) is 0 Å². The van der Waals surface area contributed by atoms with Crippen LogP contribution in [-0.4, -0.2) is 48.6 Å². The number of likely N-dealkylation sites (N-methyl/N-ethyl adjacent to an activating group) is 1. The normalized spacial score (nSPS) is 15.8. The summed E-state index contributed by atoms with van der Waals surface area (Å²) in [6, 6.07) is 7.20. The van der Waals surface area contributed by atoms with E-state index in [9.17, 15) is 9.59 Å². The molecule has 28 heavy (non-hydrogen) atoms. The van der Waals surface area contributed by atoms with Gasteiger partial charge in [-0.05, 0) is 49.2 Å². The number of hydrogen-bond acceptors (Lipinski definition) is 4. The Morgan fingerprint density at radius 1 is 1.07 bits per heavy atom. The number of ether oxygens (including phenoxy) is 2. The zero-order chi connectivity index (χ0) is 20.4. The summed E-state index contributed by atoms with van der Waals surface area (Å²) in [4.78, 5) is 27.4. The second kappa shape index (κ2) is 7.96. The van der Waals surface area contributed by atoms with Gasteiger partial charge in [0.05, 0.1) is 14.2 Å². The van der Waals surface area contributed by atoms with Gasteiger partial charge in [0.15, 0.2) is 11.5 Å². The molecule has 0 spiro atoms. The minimum absolute atomic E-state index is 0.0866. The number of hydrogen-bond donors (Lipinski definition) is 1. The average molecular weight is 385 g/mol. The topological polar surface area (TPSA) is 72.8 Å². The van der Waals surface area contributed by atoms with Crippen LogP contribution in [0, 0.1) is 13.8 Å². The number of fused-ring (bicyclic) bond motifs is 1. The van der Waals surface area contributed by atoms with Crippen LogP contribution in [0.1, 0.15) is 22.5 Å². The molecule has 0 fully saturated rings. The van der Waals surface area contributed by atoms with E-state index in [-0.39, 0.29) is 18.4 Å². The van der Waals surface area contributed by atoms with Crippen molar-refractivity contribution < 1.29 is 19.1 Å². The zero-order valence-corrected chi connectivity index (χ0v) is 17.0. The van der Waals surface area contributed by atoms with Gasteiger partial charge in [0.1, 0.15) is 12.6 Å². The summed E-state index contributed by atoms with van der Waals surface area (Å²) in [5, 5.41) is 2.69. The second-order valence-corrected chi connectivity index (χ2v) is 7.03. The number of methoxy groups -OCH3 is 2. The number of aryl methyl sites for hydroxylation is 2. The summed E-state index contributed by atoms with van der Waals surface area (Å²) in [6.45, 7) is 4.51. The quantitative estimate of drug-likeness (QED) is 0.852. The van der Waals surface area contributed by atoms with Crippen LogP contribution in [0.2, 0.25) is 0 Å². The lowest BCUT2D eigenvalue weighted by atomic mass is 9.92. The number of amides is 2. The van der Waals surface area contributed by atoms with Crippen molar-refractivity contribution in [1.82, 2.24) is 14.8 Å². The molecule has 1 aromatic heterocycles. The van der Waals surface area contributed by atoms with Gasteiger partial charge in [-0.15, -0.1) is 0 Å². The van der Waals surface area contributed by atoms with Crippen LogP contribution < -0.4 is 14.8 Å². The SMILES string of the molecule is CNC(=O)C1Cc2cc(OC)c(OC)cc2CN1C(=O)Cn1c(C)ccc1C. The number of nitrogens with zero attached hydrogens (tertiary/aromatic N) is 2. The molecule has 2 heterocycles. The molecule has 2 amide bonds. The van der Waals surface area contributed by atoms with Crippen molar-refractivity contribution in [1.29, 1.82) is 0 Å². The maximum Gasteiger partial charge on any atom is 0.243 e. The minimum atomic E-state index is -0.556. The van der Waals surface area contributed by atoms with Gasteiger partial charge in [-0.2, -0.15) is 0 Å². The molecule has 0 radical (unpaired) electrons. The number of carbonyl (C=O) groups excluding carboxylic acids is 2. The highest BCUT2D eigenvalue weighted by Gasteiger charge is 2.35. The second-order valence-electron chi connectivity index (χ2n) is 7.03. The summed E-state index contributed by atoms with van der Waals surface area (Å²) in [5.41, 5.74) is 3.99. The number of carbonyl (C=O) groups is 2. The van der Waals surface area contributed by atoms with Crippen molar-refractivity contribution in [3.63, 3.8) is 0 Å². The van der Waals surface area contributed by atoms with Gasteiger partial charge in [0.25, 0.3) is 0 Å². The minimum Gasteiger partial charge on any atom is -0.493 e. The fourth-order valence-electron chi connectivity index (χ4n) is 3.75. The first-order chi connectivity index (χ1) is 13.4. The Labute approximate surface area is 165 Å². The first-order valence-corrected chi connectivity index (χ1v) is 9.27. The van der Waals surface area contributed by atoms with Crippen molar-refractivity contribution in [2.24, 2.45) is 0 Å². The lowest BCUT2D eigenvalue weighted by molar-refractivity contribution is -0.142. The van der Waals surface area contributed by atoms with E-state index in [1.807, 2.05) is 42.7 Å². The molecule has 0 aliphatic carbocycles. The third kappa shape index (κ3) is 3.56. The summed E-state index contributed by atoms with van der Waals surface area (Å²) in [5.74, 6) is 0.977. The van der Waals surface area contributed by atoms with Gasteiger partial charge in [-0.3, -0.25) is 9.59 Å². The highest BCUT2D eigenvalue weighted by molar-refractivity contribution is 5.88. The van der Waals surface area contributed by atoms with Crippen molar-refractivity contribution in [3.8, 4) is 11.5 Å². The summed E-state index contributed by atoms with van der Waals surface area (Å²) in [7, 11) is 4.76. The molecule has 1 unspecified atom stereocenters. The van der Waals surface area contributed by atoms with Crippen LogP contribution in [-0.2, 0) is 29.1 Å². The standard InChI is InChI=1S/C21H27N3O4/c1-13-6-7-14(2)23(13)12-20(25)24-11-16-10-19(28-5)18(27-4)9-15(16)8-17(24)21(26)22-3/h6-7,9-10,17H,8,11-12H2,1-5H3,(H,22,26). The fourth-order valence-corrected chi connectivity index (χ4v) is 3.75. The molecular weight excluding hydrogens is 358 g/mol. The Hall–Kier alpha value is -2.96. The smallest absolute Gasteiger partial charge is 0.243 e. The summed E-state index contributed by atoms with van der Waals surface area (Å²) in [6.07, 6.45) is 0.435. The van der Waals surface area contributed by atoms with E-state index < -0.39 is 6.04 Å². The number of rotatable bonds is 5. The molecule has 1 aromatic carbocycles. The summed E-state index contributed by atoms with van der Waals surface area (Å²) < 4.78 is 12.7. The Morgan fingerprint density at radius 2 is 1.64 bits per heavy atom. The van der Waals surface area contributed by atoms with E-state index in [0.29, 0.717) is 24.5 Å². The molecule has 0 saturated heterocycles. The van der Waals surface area contributed by atoms with E-state index in [2.05, 4.69) is 5.32 Å². The monoisotopic (exact) mass is 385 g/mol. The van der Waals surface area contributed by atoms with Gasteiger partial charge in [-0.25, -0.2) is 0 Å². The molecule has 1 aliphatic heterocycles. The third-order valence-electron chi connectivity index (χ3n) is 5.42. The fraction of sp³-hybridized carbons (Fsp3) is 0.429. The Kier molecular flexibility index (Phi) is 5.63. The van der Waals surface area contributed by atoms with Crippen LogP contribution in [0.3, 0.4) is 0 Å². The van der Waals surface area contributed by atoms with Crippen LogP contribution in [0.4, 0.5) is 0 Å². The number of nitrogens with one attached hydrogen (secondary N) is 1. The Bertz CT molecular complexity index is 884. The molecule has 7 heteroatoms. The molecule has 2 aromatic rings. The molecule has 150 valence electrons. The summed E-state index contributed by atoms with van der Waals surface area (Å²) >= 11 is 0. The molecule has 1 atom stereocenters. The predicted octanol–water partition coefficient (Wildman–Crippen LogP) is 1.82. The van der Waals surface area contributed by atoms with E-state index in [1.54, 1.807) is 26.2 Å². The van der Waals surface area contributed by atoms with Gasteiger partial charge < -0.3 is 24.3 Å². The zero-order valence-electron chi connectivity index (χ0n) is 17.0. The van der Waals surface area contributed by atoms with E-state index in [4.69, 9.17) is 9.47 Å². The highest BCUT2D eigenvalue weighted by Crippen LogP contribution is 2.35. The van der Waals surface area contributed by atoms with Gasteiger partial charge in [0, 0.05) is 31.4 Å². The van der Waals surface area contributed by atoms with Crippen LogP contribution in [0.15, 0.2) is 24.3 Å². The molecule has 1 N–H and O–H groups in total. The highest BCUT2D eigenvalue weighted by atomic mass is 16.5. The average Bonchev–Trinajstić information content (AvgIpc) is 3.02. The molecule has 3 rings (SSSR count). The van der Waals surface area contributed by atoms with E-state index >= 15 is 0 Å². The van der Waals surface area contributed by atoms with Gasteiger partial charge >= 0.3 is 0 Å². The van der Waals surface area contributed by atoms with Crippen molar-refractivity contribution >= 4 is 11.8 Å². The molecular formula is C21H27N3O4.